The molecule has 200 valence electrons. The molecule has 0 amide bonds. The molecule has 0 bridgehead atoms. The van der Waals surface area contributed by atoms with E-state index in [-0.39, 0.29) is 41.8 Å². The van der Waals surface area contributed by atoms with Crippen molar-refractivity contribution < 1.29 is 34.8 Å². The Balaban J connectivity index is 1.39. The third kappa shape index (κ3) is 4.89. The Morgan fingerprint density at radius 2 is 1.74 bits per heavy atom. The first-order valence-corrected chi connectivity index (χ1v) is 13.9. The van der Waals surface area contributed by atoms with E-state index in [2.05, 4.69) is 20.8 Å². The van der Waals surface area contributed by atoms with Crippen LogP contribution >= 0.6 is 0 Å². The zero-order valence-electron chi connectivity index (χ0n) is 21.7. The van der Waals surface area contributed by atoms with E-state index in [1.807, 2.05) is 0 Å². The predicted octanol–water partition coefficient (Wildman–Crippen LogP) is 3.77. The summed E-state index contributed by atoms with van der Waals surface area (Å²) in [6, 6.07) is 0. The molecule has 0 saturated heterocycles. The summed E-state index contributed by atoms with van der Waals surface area (Å²) >= 11 is 0. The van der Waals surface area contributed by atoms with Crippen LogP contribution in [0.1, 0.15) is 91.4 Å². The Hall–Kier alpha value is -1.18. The van der Waals surface area contributed by atoms with Crippen LogP contribution in [-0.2, 0) is 14.3 Å². The molecule has 0 unspecified atom stereocenters. The number of ether oxygens (including phenoxy) is 1. The van der Waals surface area contributed by atoms with Crippen molar-refractivity contribution in [2.75, 3.05) is 6.61 Å². The molecule has 7 nitrogen and oxygen atoms in total. The van der Waals surface area contributed by atoms with Gasteiger partial charge in [-0.2, -0.15) is 0 Å². The van der Waals surface area contributed by atoms with Gasteiger partial charge in [-0.05, 0) is 104 Å². The first-order valence-electron chi connectivity index (χ1n) is 13.9. The lowest BCUT2D eigenvalue weighted by molar-refractivity contribution is -0.207. The molecule has 35 heavy (non-hydrogen) atoms. The Labute approximate surface area is 209 Å². The average Bonchev–Trinajstić information content (AvgIpc) is 3.15. The molecule has 4 fully saturated rings. The van der Waals surface area contributed by atoms with E-state index >= 15 is 0 Å². The zero-order chi connectivity index (χ0) is 25.5. The summed E-state index contributed by atoms with van der Waals surface area (Å²) in [5.41, 5.74) is -0.142. The molecule has 4 saturated carbocycles. The SMILES string of the molecule is C[C@H](CCCOC(=O)CCC(=O)O)[C@H]1CC[C@H]2[C@@H]3[C@H](O)C[C@H]4C[C@H](O)CC[C@]4(C)[C@H]3C[C@H](O)[C@]12C. The second-order valence-electron chi connectivity index (χ2n) is 12.8. The van der Waals surface area contributed by atoms with Crippen molar-refractivity contribution in [3.8, 4) is 0 Å². The second-order valence-corrected chi connectivity index (χ2v) is 12.8. The summed E-state index contributed by atoms with van der Waals surface area (Å²) in [5, 5.41) is 42.0. The highest BCUT2D eigenvalue weighted by Gasteiger charge is 2.65. The number of esters is 1. The van der Waals surface area contributed by atoms with Crippen LogP contribution in [0.25, 0.3) is 0 Å². The molecule has 4 aliphatic rings. The van der Waals surface area contributed by atoms with E-state index in [1.165, 1.54) is 0 Å². The normalized spacial score (nSPS) is 45.7. The molecular weight excluding hydrogens is 448 g/mol. The lowest BCUT2D eigenvalue weighted by Gasteiger charge is -2.63. The summed E-state index contributed by atoms with van der Waals surface area (Å²) in [6.07, 6.45) is 6.47. The lowest BCUT2D eigenvalue weighted by Crippen LogP contribution is -2.62. The van der Waals surface area contributed by atoms with E-state index in [0.29, 0.717) is 36.2 Å². The highest BCUT2D eigenvalue weighted by Crippen LogP contribution is 2.68. The summed E-state index contributed by atoms with van der Waals surface area (Å²) in [6.45, 7) is 7.15. The van der Waals surface area contributed by atoms with Crippen LogP contribution in [0.15, 0.2) is 0 Å². The van der Waals surface area contributed by atoms with Gasteiger partial charge in [-0.3, -0.25) is 9.59 Å². The van der Waals surface area contributed by atoms with E-state index in [9.17, 15) is 24.9 Å². The summed E-state index contributed by atoms with van der Waals surface area (Å²) < 4.78 is 5.21. The van der Waals surface area contributed by atoms with Gasteiger partial charge in [0.05, 0.1) is 37.8 Å². The maximum absolute atomic E-state index is 11.7. The Morgan fingerprint density at radius 1 is 1.00 bits per heavy atom. The van der Waals surface area contributed by atoms with E-state index in [0.717, 1.165) is 57.8 Å². The molecule has 0 aromatic rings. The number of aliphatic hydroxyl groups excluding tert-OH is 3. The largest absolute Gasteiger partial charge is 0.481 e. The molecule has 0 spiro atoms. The minimum Gasteiger partial charge on any atom is -0.481 e. The number of hydrogen-bond donors (Lipinski definition) is 4. The number of aliphatic hydroxyl groups is 3. The fraction of sp³-hybridized carbons (Fsp3) is 0.929. The van der Waals surface area contributed by atoms with Gasteiger partial charge in [-0.1, -0.05) is 20.8 Å². The number of carboxylic acid groups (broad SMARTS) is 1. The number of carboxylic acids is 1. The quantitative estimate of drug-likeness (QED) is 0.299. The molecule has 0 radical (unpaired) electrons. The number of carbonyl (C=O) groups excluding carboxylic acids is 1. The predicted molar refractivity (Wildman–Crippen MR) is 130 cm³/mol. The molecule has 4 aliphatic carbocycles. The minimum atomic E-state index is -0.999. The van der Waals surface area contributed by atoms with Crippen molar-refractivity contribution in [1.82, 2.24) is 0 Å². The Bertz CT molecular complexity index is 785. The zero-order valence-corrected chi connectivity index (χ0v) is 21.7. The molecule has 0 aromatic heterocycles. The topological polar surface area (TPSA) is 124 Å². The number of carbonyl (C=O) groups is 2. The van der Waals surface area contributed by atoms with Gasteiger partial charge in [0.15, 0.2) is 0 Å². The number of rotatable bonds is 8. The molecular formula is C28H46O7. The van der Waals surface area contributed by atoms with Crippen molar-refractivity contribution >= 4 is 11.9 Å². The van der Waals surface area contributed by atoms with Crippen LogP contribution in [-0.4, -0.2) is 57.3 Å². The lowest BCUT2D eigenvalue weighted by atomic mass is 9.43. The summed E-state index contributed by atoms with van der Waals surface area (Å²) in [5.74, 6) is 0.408. The third-order valence-corrected chi connectivity index (χ3v) is 11.1. The van der Waals surface area contributed by atoms with Gasteiger partial charge in [0, 0.05) is 0 Å². The summed E-state index contributed by atoms with van der Waals surface area (Å²) in [4.78, 5) is 22.3. The van der Waals surface area contributed by atoms with Gasteiger partial charge >= 0.3 is 11.9 Å². The van der Waals surface area contributed by atoms with Gasteiger partial charge in [0.2, 0.25) is 0 Å². The van der Waals surface area contributed by atoms with Crippen molar-refractivity contribution in [2.45, 2.75) is 110 Å². The van der Waals surface area contributed by atoms with Gasteiger partial charge < -0.3 is 25.2 Å². The van der Waals surface area contributed by atoms with Crippen LogP contribution in [0.5, 0.6) is 0 Å². The second kappa shape index (κ2) is 10.3. The van der Waals surface area contributed by atoms with Gasteiger partial charge in [-0.15, -0.1) is 0 Å². The van der Waals surface area contributed by atoms with E-state index in [4.69, 9.17) is 9.84 Å². The van der Waals surface area contributed by atoms with Crippen molar-refractivity contribution in [3.63, 3.8) is 0 Å². The fourth-order valence-electron chi connectivity index (χ4n) is 9.21. The van der Waals surface area contributed by atoms with Gasteiger partial charge in [-0.25, -0.2) is 0 Å². The van der Waals surface area contributed by atoms with Crippen LogP contribution in [0, 0.1) is 46.3 Å². The molecule has 7 heteroatoms. The van der Waals surface area contributed by atoms with Crippen LogP contribution in [0.4, 0.5) is 0 Å². The number of fused-ring (bicyclic) bond motifs is 5. The molecule has 4 rings (SSSR count). The highest BCUT2D eigenvalue weighted by molar-refractivity contribution is 5.76. The van der Waals surface area contributed by atoms with Crippen molar-refractivity contribution in [2.24, 2.45) is 46.3 Å². The molecule has 4 N–H and O–H groups in total. The minimum absolute atomic E-state index is 0.0830. The maximum Gasteiger partial charge on any atom is 0.306 e. The Kier molecular flexibility index (Phi) is 7.90. The monoisotopic (exact) mass is 494 g/mol. The Morgan fingerprint density at radius 3 is 2.46 bits per heavy atom. The number of hydrogen-bond acceptors (Lipinski definition) is 6. The van der Waals surface area contributed by atoms with Gasteiger partial charge in [0.25, 0.3) is 0 Å². The maximum atomic E-state index is 11.7. The van der Waals surface area contributed by atoms with Gasteiger partial charge in [0.1, 0.15) is 0 Å². The van der Waals surface area contributed by atoms with E-state index < -0.39 is 18.0 Å². The smallest absolute Gasteiger partial charge is 0.306 e. The van der Waals surface area contributed by atoms with E-state index in [1.54, 1.807) is 0 Å². The number of aliphatic carboxylic acids is 1. The highest BCUT2D eigenvalue weighted by atomic mass is 16.5. The molecule has 0 heterocycles. The molecule has 0 aromatic carbocycles. The molecule has 0 aliphatic heterocycles. The first-order chi connectivity index (χ1) is 16.5. The summed E-state index contributed by atoms with van der Waals surface area (Å²) in [7, 11) is 0. The molecule has 11 atom stereocenters. The van der Waals surface area contributed by atoms with Crippen LogP contribution in [0.2, 0.25) is 0 Å². The van der Waals surface area contributed by atoms with Crippen LogP contribution in [0.3, 0.4) is 0 Å². The van der Waals surface area contributed by atoms with Crippen molar-refractivity contribution in [1.29, 1.82) is 0 Å². The third-order valence-electron chi connectivity index (χ3n) is 11.1. The average molecular weight is 495 g/mol. The standard InChI is InChI=1S/C28H46O7/c1-16(5-4-12-35-25(34)9-8-24(32)33)19-6-7-20-26-21(15-23(31)28(19,20)3)27(2)11-10-18(29)13-17(27)14-22(26)30/h16-23,26,29-31H,4-15H2,1-3H3,(H,32,33)/t16-,17-,18-,19-,20+,21+,22-,23+,26+,27+,28-/m1/s1. The fourth-order valence-corrected chi connectivity index (χ4v) is 9.21. The van der Waals surface area contributed by atoms with Crippen LogP contribution < -0.4 is 0 Å². The van der Waals surface area contributed by atoms with Crippen molar-refractivity contribution in [3.05, 3.63) is 0 Å². The first kappa shape index (κ1) is 26.9.